The predicted octanol–water partition coefficient (Wildman–Crippen LogP) is 5.77. The van der Waals surface area contributed by atoms with E-state index >= 15 is 0 Å². The standard InChI is InChI=1S/C24H26N4S/c1-4-28(5-2)21-15-13-19(14-16-21)23-25-26-24(27(23)3)29-17-20-11-8-10-18-9-6-7-12-22(18)20/h6-16H,4-5,17H2,1-3H3. The van der Waals surface area contributed by atoms with Crippen molar-refractivity contribution in [2.75, 3.05) is 18.0 Å². The van der Waals surface area contributed by atoms with Gasteiger partial charge in [-0.05, 0) is 54.4 Å². The van der Waals surface area contributed by atoms with E-state index in [0.717, 1.165) is 35.4 Å². The molecule has 0 spiro atoms. The third-order valence-electron chi connectivity index (χ3n) is 5.33. The number of benzene rings is 3. The lowest BCUT2D eigenvalue weighted by molar-refractivity contribution is 0.794. The SMILES string of the molecule is CCN(CC)c1ccc(-c2nnc(SCc3cccc4ccccc34)n2C)cc1. The van der Waals surface area contributed by atoms with Gasteiger partial charge in [-0.2, -0.15) is 0 Å². The van der Waals surface area contributed by atoms with Crippen LogP contribution in [0.3, 0.4) is 0 Å². The van der Waals surface area contributed by atoms with Crippen molar-refractivity contribution in [3.8, 4) is 11.4 Å². The molecule has 0 saturated heterocycles. The number of hydrogen-bond donors (Lipinski definition) is 0. The number of nitrogens with zero attached hydrogens (tertiary/aromatic N) is 4. The molecule has 0 saturated carbocycles. The third kappa shape index (κ3) is 4.01. The van der Waals surface area contributed by atoms with Gasteiger partial charge in [0, 0.05) is 37.1 Å². The average molecular weight is 403 g/mol. The Morgan fingerprint density at radius 3 is 2.34 bits per heavy atom. The molecule has 0 radical (unpaired) electrons. The molecule has 4 nitrogen and oxygen atoms in total. The largest absolute Gasteiger partial charge is 0.372 e. The Labute approximate surface area is 176 Å². The summed E-state index contributed by atoms with van der Waals surface area (Å²) in [6.07, 6.45) is 0. The maximum Gasteiger partial charge on any atom is 0.191 e. The van der Waals surface area contributed by atoms with Crippen molar-refractivity contribution in [2.45, 2.75) is 24.8 Å². The number of hydrogen-bond acceptors (Lipinski definition) is 4. The summed E-state index contributed by atoms with van der Waals surface area (Å²) in [6, 6.07) is 23.6. The molecule has 0 atom stereocenters. The van der Waals surface area contributed by atoms with E-state index in [1.165, 1.54) is 22.0 Å². The van der Waals surface area contributed by atoms with Gasteiger partial charge in [-0.15, -0.1) is 10.2 Å². The fourth-order valence-electron chi connectivity index (χ4n) is 3.66. The molecule has 1 heterocycles. The van der Waals surface area contributed by atoms with Crippen LogP contribution in [0.15, 0.2) is 71.9 Å². The minimum absolute atomic E-state index is 0.869. The van der Waals surface area contributed by atoms with Crippen molar-refractivity contribution < 1.29 is 0 Å². The summed E-state index contributed by atoms with van der Waals surface area (Å²) >= 11 is 1.73. The van der Waals surface area contributed by atoms with Crippen LogP contribution >= 0.6 is 11.8 Å². The van der Waals surface area contributed by atoms with Crippen LogP contribution < -0.4 is 4.90 Å². The van der Waals surface area contributed by atoms with Gasteiger partial charge in [0.05, 0.1) is 0 Å². The van der Waals surface area contributed by atoms with Crippen molar-refractivity contribution in [2.24, 2.45) is 7.05 Å². The first-order chi connectivity index (χ1) is 14.2. The first kappa shape index (κ1) is 19.5. The lowest BCUT2D eigenvalue weighted by atomic mass is 10.1. The minimum Gasteiger partial charge on any atom is -0.372 e. The number of rotatable bonds is 7. The molecule has 0 bridgehead atoms. The molecule has 0 unspecified atom stereocenters. The number of thioether (sulfide) groups is 1. The zero-order valence-corrected chi connectivity index (χ0v) is 18.0. The summed E-state index contributed by atoms with van der Waals surface area (Å²) in [5.74, 6) is 1.77. The first-order valence-electron chi connectivity index (χ1n) is 10.1. The van der Waals surface area contributed by atoms with Crippen LogP contribution in [0.25, 0.3) is 22.2 Å². The highest BCUT2D eigenvalue weighted by molar-refractivity contribution is 7.98. The van der Waals surface area contributed by atoms with E-state index in [4.69, 9.17) is 0 Å². The molecule has 3 aromatic carbocycles. The monoisotopic (exact) mass is 402 g/mol. The molecular weight excluding hydrogens is 376 g/mol. The number of anilines is 1. The van der Waals surface area contributed by atoms with Crippen molar-refractivity contribution in [3.63, 3.8) is 0 Å². The molecule has 0 N–H and O–H groups in total. The van der Waals surface area contributed by atoms with Crippen LogP contribution in [0.2, 0.25) is 0 Å². The van der Waals surface area contributed by atoms with E-state index in [1.807, 2.05) is 7.05 Å². The normalized spacial score (nSPS) is 11.1. The van der Waals surface area contributed by atoms with E-state index in [9.17, 15) is 0 Å². The molecule has 0 aliphatic heterocycles. The minimum atomic E-state index is 0.869. The van der Waals surface area contributed by atoms with Crippen molar-refractivity contribution >= 4 is 28.2 Å². The molecule has 4 rings (SSSR count). The van der Waals surface area contributed by atoms with Gasteiger partial charge in [0.25, 0.3) is 0 Å². The molecule has 148 valence electrons. The highest BCUT2D eigenvalue weighted by Crippen LogP contribution is 2.29. The van der Waals surface area contributed by atoms with Gasteiger partial charge in [0.1, 0.15) is 0 Å². The van der Waals surface area contributed by atoms with Crippen molar-refractivity contribution in [1.29, 1.82) is 0 Å². The van der Waals surface area contributed by atoms with Crippen LogP contribution in [-0.4, -0.2) is 27.9 Å². The van der Waals surface area contributed by atoms with Crippen LogP contribution in [0, 0.1) is 0 Å². The zero-order valence-electron chi connectivity index (χ0n) is 17.2. The van der Waals surface area contributed by atoms with E-state index < -0.39 is 0 Å². The summed E-state index contributed by atoms with van der Waals surface area (Å²) in [5, 5.41) is 12.4. The van der Waals surface area contributed by atoms with Gasteiger partial charge in [-0.3, -0.25) is 0 Å². The molecule has 0 amide bonds. The van der Waals surface area contributed by atoms with Gasteiger partial charge in [-0.1, -0.05) is 54.2 Å². The van der Waals surface area contributed by atoms with Crippen LogP contribution in [-0.2, 0) is 12.8 Å². The van der Waals surface area contributed by atoms with Crippen molar-refractivity contribution in [1.82, 2.24) is 14.8 Å². The smallest absolute Gasteiger partial charge is 0.191 e. The average Bonchev–Trinajstić information content (AvgIpc) is 3.14. The highest BCUT2D eigenvalue weighted by Gasteiger charge is 2.12. The summed E-state index contributed by atoms with van der Waals surface area (Å²) < 4.78 is 2.09. The van der Waals surface area contributed by atoms with Gasteiger partial charge in [0.15, 0.2) is 11.0 Å². The quantitative estimate of drug-likeness (QED) is 0.367. The van der Waals surface area contributed by atoms with Gasteiger partial charge in [0.2, 0.25) is 0 Å². The molecule has 0 fully saturated rings. The molecule has 29 heavy (non-hydrogen) atoms. The Morgan fingerprint density at radius 1 is 0.862 bits per heavy atom. The maximum atomic E-state index is 4.45. The van der Waals surface area contributed by atoms with E-state index in [1.54, 1.807) is 11.8 Å². The van der Waals surface area contributed by atoms with Crippen LogP contribution in [0.5, 0.6) is 0 Å². The molecule has 0 aliphatic carbocycles. The molecular formula is C24H26N4S. The molecule has 5 heteroatoms. The van der Waals surface area contributed by atoms with E-state index in [0.29, 0.717) is 0 Å². The topological polar surface area (TPSA) is 34.0 Å². The second-order valence-electron chi connectivity index (χ2n) is 7.01. The molecule has 4 aromatic rings. The Bertz CT molecular complexity index is 1090. The highest BCUT2D eigenvalue weighted by atomic mass is 32.2. The third-order valence-corrected chi connectivity index (χ3v) is 6.39. The number of aromatic nitrogens is 3. The van der Waals surface area contributed by atoms with Gasteiger partial charge < -0.3 is 9.47 Å². The Balaban J connectivity index is 1.53. The van der Waals surface area contributed by atoms with Crippen LogP contribution in [0.1, 0.15) is 19.4 Å². The lowest BCUT2D eigenvalue weighted by Gasteiger charge is -2.21. The number of fused-ring (bicyclic) bond motifs is 1. The molecule has 0 aliphatic rings. The van der Waals surface area contributed by atoms with Gasteiger partial charge >= 0.3 is 0 Å². The van der Waals surface area contributed by atoms with E-state index in [2.05, 4.69) is 100 Å². The van der Waals surface area contributed by atoms with Crippen LogP contribution in [0.4, 0.5) is 5.69 Å². The van der Waals surface area contributed by atoms with Gasteiger partial charge in [-0.25, -0.2) is 0 Å². The fourth-order valence-corrected chi connectivity index (χ4v) is 4.58. The summed E-state index contributed by atoms with van der Waals surface area (Å²) in [7, 11) is 2.04. The first-order valence-corrected chi connectivity index (χ1v) is 11.0. The Kier molecular flexibility index (Phi) is 5.86. The second-order valence-corrected chi connectivity index (χ2v) is 7.95. The second kappa shape index (κ2) is 8.70. The Morgan fingerprint density at radius 2 is 1.59 bits per heavy atom. The fraction of sp³-hybridized carbons (Fsp3) is 0.250. The Hall–Kier alpha value is -2.79. The van der Waals surface area contributed by atoms with E-state index in [-0.39, 0.29) is 0 Å². The summed E-state index contributed by atoms with van der Waals surface area (Å²) in [5.41, 5.74) is 3.65. The summed E-state index contributed by atoms with van der Waals surface area (Å²) in [4.78, 5) is 2.34. The maximum absolute atomic E-state index is 4.45. The summed E-state index contributed by atoms with van der Waals surface area (Å²) in [6.45, 7) is 6.38. The molecule has 1 aromatic heterocycles. The van der Waals surface area contributed by atoms with Crippen molar-refractivity contribution in [3.05, 3.63) is 72.3 Å². The zero-order chi connectivity index (χ0) is 20.2. The predicted molar refractivity (Wildman–Crippen MR) is 124 cm³/mol. The lowest BCUT2D eigenvalue weighted by Crippen LogP contribution is -2.21.